The molecule has 0 saturated heterocycles. The Morgan fingerprint density at radius 2 is 2.40 bits per heavy atom. The van der Waals surface area contributed by atoms with Gasteiger partial charge in [0.15, 0.2) is 0 Å². The average molecular weight is 133 g/mol. The van der Waals surface area contributed by atoms with Crippen LogP contribution in [0.25, 0.3) is 0 Å². The Bertz CT molecular complexity index is 223. The van der Waals surface area contributed by atoms with Crippen LogP contribution in [0.4, 0.5) is 0 Å². The SMILES string of the molecule is CC1=CC=CN2C=CCC12. The molecule has 0 radical (unpaired) electrons. The summed E-state index contributed by atoms with van der Waals surface area (Å²) in [6.07, 6.45) is 12.0. The average Bonchev–Trinajstić information content (AvgIpc) is 2.36. The van der Waals surface area contributed by atoms with Crippen molar-refractivity contribution in [2.24, 2.45) is 0 Å². The zero-order valence-corrected chi connectivity index (χ0v) is 6.12. The summed E-state index contributed by atoms with van der Waals surface area (Å²) in [7, 11) is 0. The van der Waals surface area contributed by atoms with E-state index >= 15 is 0 Å². The van der Waals surface area contributed by atoms with Crippen LogP contribution in [-0.4, -0.2) is 10.9 Å². The van der Waals surface area contributed by atoms with Gasteiger partial charge in [-0.15, -0.1) is 0 Å². The zero-order chi connectivity index (χ0) is 6.97. The Labute approximate surface area is 61.3 Å². The summed E-state index contributed by atoms with van der Waals surface area (Å²) < 4.78 is 0. The van der Waals surface area contributed by atoms with Crippen molar-refractivity contribution in [2.45, 2.75) is 19.4 Å². The molecule has 0 amide bonds. The van der Waals surface area contributed by atoms with E-state index in [9.17, 15) is 0 Å². The number of rotatable bonds is 0. The molecule has 2 aliphatic rings. The van der Waals surface area contributed by atoms with Crippen molar-refractivity contribution in [3.8, 4) is 0 Å². The fraction of sp³-hybridized carbons (Fsp3) is 0.333. The molecule has 1 nitrogen and oxygen atoms in total. The summed E-state index contributed by atoms with van der Waals surface area (Å²) in [5, 5.41) is 0. The number of nitrogens with zero attached hydrogens (tertiary/aromatic N) is 1. The van der Waals surface area contributed by atoms with Gasteiger partial charge < -0.3 is 4.90 Å². The van der Waals surface area contributed by atoms with E-state index in [0.717, 1.165) is 0 Å². The Kier molecular flexibility index (Phi) is 1.16. The van der Waals surface area contributed by atoms with Gasteiger partial charge in [-0.2, -0.15) is 0 Å². The fourth-order valence-electron chi connectivity index (χ4n) is 1.52. The quantitative estimate of drug-likeness (QED) is 0.489. The monoisotopic (exact) mass is 133 g/mol. The second-order valence-corrected chi connectivity index (χ2v) is 2.84. The number of hydrogen-bond donors (Lipinski definition) is 0. The first-order chi connectivity index (χ1) is 4.88. The third kappa shape index (κ3) is 0.703. The molecule has 10 heavy (non-hydrogen) atoms. The van der Waals surface area contributed by atoms with Gasteiger partial charge in [0.05, 0.1) is 6.04 Å². The first-order valence-electron chi connectivity index (χ1n) is 3.67. The summed E-state index contributed by atoms with van der Waals surface area (Å²) in [6.45, 7) is 2.19. The summed E-state index contributed by atoms with van der Waals surface area (Å²) >= 11 is 0. The minimum absolute atomic E-state index is 0.630. The van der Waals surface area contributed by atoms with Crippen LogP contribution in [0.2, 0.25) is 0 Å². The van der Waals surface area contributed by atoms with Crippen LogP contribution in [0.3, 0.4) is 0 Å². The Morgan fingerprint density at radius 3 is 3.20 bits per heavy atom. The lowest BCUT2D eigenvalue weighted by molar-refractivity contribution is 0.436. The molecular formula is C9H11N. The third-order valence-electron chi connectivity index (χ3n) is 2.14. The largest absolute Gasteiger partial charge is 0.347 e. The predicted molar refractivity (Wildman–Crippen MR) is 42.3 cm³/mol. The van der Waals surface area contributed by atoms with Crippen molar-refractivity contribution in [3.63, 3.8) is 0 Å². The van der Waals surface area contributed by atoms with Crippen molar-refractivity contribution < 1.29 is 0 Å². The molecule has 0 spiro atoms. The first kappa shape index (κ1) is 5.78. The molecule has 0 aromatic heterocycles. The molecule has 0 bridgehead atoms. The van der Waals surface area contributed by atoms with Crippen molar-refractivity contribution in [1.82, 2.24) is 4.90 Å². The van der Waals surface area contributed by atoms with Crippen LogP contribution in [0.15, 0.2) is 36.2 Å². The van der Waals surface area contributed by atoms with Gasteiger partial charge in [0.25, 0.3) is 0 Å². The van der Waals surface area contributed by atoms with Crippen molar-refractivity contribution >= 4 is 0 Å². The first-order valence-corrected chi connectivity index (χ1v) is 3.67. The highest BCUT2D eigenvalue weighted by Gasteiger charge is 2.19. The number of hydrogen-bond acceptors (Lipinski definition) is 1. The standard InChI is InChI=1S/C9H11N/c1-8-4-2-6-10-7-3-5-9(8)10/h2-4,6-7,9H,5H2,1H3. The van der Waals surface area contributed by atoms with E-state index in [1.165, 1.54) is 12.0 Å². The highest BCUT2D eigenvalue weighted by molar-refractivity contribution is 5.26. The second kappa shape index (κ2) is 2.01. The van der Waals surface area contributed by atoms with E-state index in [0.29, 0.717) is 6.04 Å². The van der Waals surface area contributed by atoms with E-state index in [4.69, 9.17) is 0 Å². The third-order valence-corrected chi connectivity index (χ3v) is 2.14. The van der Waals surface area contributed by atoms with Crippen LogP contribution in [-0.2, 0) is 0 Å². The van der Waals surface area contributed by atoms with Gasteiger partial charge in [-0.3, -0.25) is 0 Å². The molecule has 0 N–H and O–H groups in total. The molecule has 2 rings (SSSR count). The molecule has 0 aromatic rings. The molecule has 0 saturated carbocycles. The molecule has 1 unspecified atom stereocenters. The Morgan fingerprint density at radius 1 is 1.50 bits per heavy atom. The van der Waals surface area contributed by atoms with E-state index in [2.05, 4.69) is 42.5 Å². The lowest BCUT2D eigenvalue weighted by atomic mass is 10.0. The maximum absolute atomic E-state index is 2.26. The van der Waals surface area contributed by atoms with E-state index in [1.807, 2.05) is 0 Å². The summed E-state index contributed by atoms with van der Waals surface area (Å²) in [5.41, 5.74) is 1.47. The van der Waals surface area contributed by atoms with Crippen LogP contribution >= 0.6 is 0 Å². The highest BCUT2D eigenvalue weighted by Crippen LogP contribution is 2.24. The highest BCUT2D eigenvalue weighted by atomic mass is 15.1. The van der Waals surface area contributed by atoms with Gasteiger partial charge in [0.1, 0.15) is 0 Å². The maximum atomic E-state index is 2.26. The van der Waals surface area contributed by atoms with E-state index in [-0.39, 0.29) is 0 Å². The number of allylic oxidation sites excluding steroid dienone is 2. The van der Waals surface area contributed by atoms with Gasteiger partial charge in [-0.25, -0.2) is 0 Å². The van der Waals surface area contributed by atoms with E-state index < -0.39 is 0 Å². The van der Waals surface area contributed by atoms with E-state index in [1.54, 1.807) is 0 Å². The fourth-order valence-corrected chi connectivity index (χ4v) is 1.52. The van der Waals surface area contributed by atoms with Gasteiger partial charge in [-0.1, -0.05) is 17.7 Å². The van der Waals surface area contributed by atoms with Crippen LogP contribution in [0, 0.1) is 0 Å². The summed E-state index contributed by atoms with van der Waals surface area (Å²) in [6, 6.07) is 0.630. The Hall–Kier alpha value is -0.980. The van der Waals surface area contributed by atoms with Gasteiger partial charge in [-0.05, 0) is 19.4 Å². The van der Waals surface area contributed by atoms with Crippen molar-refractivity contribution in [3.05, 3.63) is 36.2 Å². The van der Waals surface area contributed by atoms with Gasteiger partial charge in [0.2, 0.25) is 0 Å². The summed E-state index contributed by atoms with van der Waals surface area (Å²) in [5.74, 6) is 0. The minimum atomic E-state index is 0.630. The molecule has 1 atom stereocenters. The normalized spacial score (nSPS) is 28.7. The molecule has 0 fully saturated rings. The molecule has 0 aliphatic carbocycles. The van der Waals surface area contributed by atoms with Crippen LogP contribution in [0.1, 0.15) is 13.3 Å². The molecule has 52 valence electrons. The topological polar surface area (TPSA) is 3.24 Å². The molecular weight excluding hydrogens is 122 g/mol. The van der Waals surface area contributed by atoms with Crippen molar-refractivity contribution in [2.75, 3.05) is 0 Å². The van der Waals surface area contributed by atoms with Gasteiger partial charge >= 0.3 is 0 Å². The van der Waals surface area contributed by atoms with Gasteiger partial charge in [0, 0.05) is 12.4 Å². The number of fused-ring (bicyclic) bond motifs is 1. The molecule has 2 aliphatic heterocycles. The van der Waals surface area contributed by atoms with Crippen LogP contribution in [0.5, 0.6) is 0 Å². The molecule has 1 heteroatoms. The molecule has 2 heterocycles. The van der Waals surface area contributed by atoms with Crippen LogP contribution < -0.4 is 0 Å². The second-order valence-electron chi connectivity index (χ2n) is 2.84. The lowest BCUT2D eigenvalue weighted by Gasteiger charge is -2.25. The smallest absolute Gasteiger partial charge is 0.0575 e. The lowest BCUT2D eigenvalue weighted by Crippen LogP contribution is -2.24. The molecule has 0 aromatic carbocycles. The maximum Gasteiger partial charge on any atom is 0.0575 e. The zero-order valence-electron chi connectivity index (χ0n) is 6.12. The minimum Gasteiger partial charge on any atom is -0.347 e. The predicted octanol–water partition coefficient (Wildman–Crippen LogP) is 2.05. The van der Waals surface area contributed by atoms with Crippen molar-refractivity contribution in [1.29, 1.82) is 0 Å². The Balaban J connectivity index is 2.29. The summed E-state index contributed by atoms with van der Waals surface area (Å²) in [4.78, 5) is 2.26.